The van der Waals surface area contributed by atoms with Gasteiger partial charge in [0.1, 0.15) is 5.75 Å². The van der Waals surface area contributed by atoms with Crippen LogP contribution in [0.1, 0.15) is 38.2 Å². The SMILES string of the molecule is CCCCCOc1cccc(CCC2(F)CNCCN2C(=O)O)c1. The van der Waals surface area contributed by atoms with Gasteiger partial charge in [-0.2, -0.15) is 0 Å². The molecule has 1 aromatic carbocycles. The second kappa shape index (κ2) is 8.87. The van der Waals surface area contributed by atoms with Crippen molar-refractivity contribution in [1.82, 2.24) is 10.2 Å². The van der Waals surface area contributed by atoms with Crippen molar-refractivity contribution in [3.05, 3.63) is 29.8 Å². The van der Waals surface area contributed by atoms with Crippen molar-refractivity contribution in [3.63, 3.8) is 0 Å². The number of rotatable bonds is 8. The number of hydrogen-bond acceptors (Lipinski definition) is 3. The van der Waals surface area contributed by atoms with Crippen LogP contribution in [0.25, 0.3) is 0 Å². The highest BCUT2D eigenvalue weighted by Crippen LogP contribution is 2.26. The van der Waals surface area contributed by atoms with Crippen molar-refractivity contribution in [2.24, 2.45) is 0 Å². The Balaban J connectivity index is 1.92. The summed E-state index contributed by atoms with van der Waals surface area (Å²) < 4.78 is 20.7. The van der Waals surface area contributed by atoms with Crippen LogP contribution in [0.15, 0.2) is 24.3 Å². The number of nitrogens with zero attached hydrogens (tertiary/aromatic N) is 1. The number of aryl methyl sites for hydroxylation is 1. The fourth-order valence-electron chi connectivity index (χ4n) is 2.93. The van der Waals surface area contributed by atoms with Gasteiger partial charge in [0, 0.05) is 26.1 Å². The number of amides is 1. The molecule has 134 valence electrons. The summed E-state index contributed by atoms with van der Waals surface area (Å²) in [5, 5.41) is 12.1. The summed E-state index contributed by atoms with van der Waals surface area (Å²) >= 11 is 0. The number of carbonyl (C=O) groups is 1. The van der Waals surface area contributed by atoms with Gasteiger partial charge in [-0.1, -0.05) is 31.9 Å². The number of alkyl halides is 1. The van der Waals surface area contributed by atoms with Crippen LogP contribution in [0.4, 0.5) is 9.18 Å². The smallest absolute Gasteiger partial charge is 0.409 e. The number of nitrogens with one attached hydrogen (secondary N) is 1. The number of hydrogen-bond donors (Lipinski definition) is 2. The van der Waals surface area contributed by atoms with Gasteiger partial charge in [-0.05, 0) is 30.5 Å². The highest BCUT2D eigenvalue weighted by molar-refractivity contribution is 5.66. The molecular formula is C18H27FN2O3. The molecule has 1 aliphatic rings. The van der Waals surface area contributed by atoms with Gasteiger partial charge < -0.3 is 15.2 Å². The first kappa shape index (κ1) is 18.5. The van der Waals surface area contributed by atoms with Crippen LogP contribution in [-0.4, -0.2) is 48.1 Å². The van der Waals surface area contributed by atoms with Crippen molar-refractivity contribution < 1.29 is 19.0 Å². The highest BCUT2D eigenvalue weighted by atomic mass is 19.1. The van der Waals surface area contributed by atoms with Crippen molar-refractivity contribution in [2.45, 2.75) is 44.8 Å². The van der Waals surface area contributed by atoms with E-state index >= 15 is 4.39 Å². The fourth-order valence-corrected chi connectivity index (χ4v) is 2.93. The Morgan fingerprint density at radius 3 is 3.04 bits per heavy atom. The average Bonchev–Trinajstić information content (AvgIpc) is 2.58. The zero-order valence-corrected chi connectivity index (χ0v) is 14.3. The molecule has 6 heteroatoms. The number of piperazine rings is 1. The minimum absolute atomic E-state index is 0.0342. The molecule has 2 rings (SSSR count). The monoisotopic (exact) mass is 338 g/mol. The Kier molecular flexibility index (Phi) is 6.85. The van der Waals surface area contributed by atoms with Gasteiger partial charge in [-0.15, -0.1) is 0 Å². The molecule has 0 aromatic heterocycles. The first-order chi connectivity index (χ1) is 11.5. The second-order valence-corrected chi connectivity index (χ2v) is 6.23. The summed E-state index contributed by atoms with van der Waals surface area (Å²) in [5.41, 5.74) is 0.955. The Hall–Kier alpha value is -1.82. The zero-order valence-electron chi connectivity index (χ0n) is 14.3. The fraction of sp³-hybridized carbons (Fsp3) is 0.611. The molecule has 24 heavy (non-hydrogen) atoms. The molecule has 1 amide bonds. The Bertz CT molecular complexity index is 541. The van der Waals surface area contributed by atoms with Crippen LogP contribution in [0.2, 0.25) is 0 Å². The summed E-state index contributed by atoms with van der Waals surface area (Å²) in [6.45, 7) is 3.52. The van der Waals surface area contributed by atoms with E-state index in [1.807, 2.05) is 24.3 Å². The molecule has 5 nitrogen and oxygen atoms in total. The van der Waals surface area contributed by atoms with E-state index in [2.05, 4.69) is 12.2 Å². The van der Waals surface area contributed by atoms with Gasteiger partial charge in [0.25, 0.3) is 0 Å². The lowest BCUT2D eigenvalue weighted by Crippen LogP contribution is -2.60. The Labute approximate surface area is 142 Å². The maximum atomic E-state index is 15.0. The number of benzene rings is 1. The summed E-state index contributed by atoms with van der Waals surface area (Å²) in [5.74, 6) is -1.07. The lowest BCUT2D eigenvalue weighted by molar-refractivity contribution is -0.0416. The maximum Gasteiger partial charge on any atom is 0.409 e. The van der Waals surface area contributed by atoms with E-state index in [4.69, 9.17) is 4.74 Å². The molecule has 1 aromatic rings. The Morgan fingerprint density at radius 2 is 2.29 bits per heavy atom. The van der Waals surface area contributed by atoms with E-state index in [1.54, 1.807) is 0 Å². The van der Waals surface area contributed by atoms with Gasteiger partial charge in [-0.25, -0.2) is 9.18 Å². The zero-order chi connectivity index (χ0) is 17.4. The molecular weight excluding hydrogens is 311 g/mol. The molecule has 1 aliphatic heterocycles. The van der Waals surface area contributed by atoms with Crippen LogP contribution in [-0.2, 0) is 6.42 Å². The van der Waals surface area contributed by atoms with Gasteiger partial charge in [-0.3, -0.25) is 4.90 Å². The number of unbranched alkanes of at least 4 members (excludes halogenated alkanes) is 2. The summed E-state index contributed by atoms with van der Waals surface area (Å²) in [6.07, 6.45) is 2.71. The molecule has 0 saturated carbocycles. The van der Waals surface area contributed by atoms with Gasteiger partial charge in [0.05, 0.1) is 6.61 Å². The minimum Gasteiger partial charge on any atom is -0.494 e. The molecule has 0 aliphatic carbocycles. The number of carboxylic acid groups (broad SMARTS) is 1. The van der Waals surface area contributed by atoms with E-state index in [0.717, 1.165) is 35.5 Å². The van der Waals surface area contributed by atoms with Gasteiger partial charge >= 0.3 is 6.09 Å². The highest BCUT2D eigenvalue weighted by Gasteiger charge is 2.41. The van der Waals surface area contributed by atoms with Crippen LogP contribution < -0.4 is 10.1 Å². The summed E-state index contributed by atoms with van der Waals surface area (Å²) in [7, 11) is 0. The summed E-state index contributed by atoms with van der Waals surface area (Å²) in [6, 6.07) is 7.62. The quantitative estimate of drug-likeness (QED) is 0.563. The van der Waals surface area contributed by atoms with Crippen molar-refractivity contribution in [3.8, 4) is 5.75 Å². The third kappa shape index (κ3) is 5.09. The third-order valence-corrected chi connectivity index (χ3v) is 4.33. The summed E-state index contributed by atoms with van der Waals surface area (Å²) in [4.78, 5) is 12.2. The van der Waals surface area contributed by atoms with Gasteiger partial charge in [0.15, 0.2) is 5.79 Å². The largest absolute Gasteiger partial charge is 0.494 e. The van der Waals surface area contributed by atoms with Crippen molar-refractivity contribution >= 4 is 6.09 Å². The standard InChI is InChI=1S/C18H27FN2O3/c1-2-3-4-12-24-16-7-5-6-15(13-16)8-9-18(19)14-20-10-11-21(18)17(22)23/h5-7,13,20H,2-4,8-12,14H2,1H3,(H,22,23). The first-order valence-electron chi connectivity index (χ1n) is 8.67. The molecule has 1 atom stereocenters. The first-order valence-corrected chi connectivity index (χ1v) is 8.67. The maximum absolute atomic E-state index is 15.0. The molecule has 1 heterocycles. The third-order valence-electron chi connectivity index (χ3n) is 4.33. The van der Waals surface area contributed by atoms with E-state index in [-0.39, 0.29) is 19.5 Å². The molecule has 1 unspecified atom stereocenters. The van der Waals surface area contributed by atoms with Gasteiger partial charge in [0.2, 0.25) is 0 Å². The van der Waals surface area contributed by atoms with Crippen molar-refractivity contribution in [2.75, 3.05) is 26.2 Å². The molecule has 0 spiro atoms. The van der Waals surface area contributed by atoms with E-state index < -0.39 is 11.9 Å². The molecule has 1 saturated heterocycles. The average molecular weight is 338 g/mol. The van der Waals surface area contributed by atoms with E-state index in [9.17, 15) is 9.90 Å². The van der Waals surface area contributed by atoms with Crippen LogP contribution in [0, 0.1) is 0 Å². The molecule has 1 fully saturated rings. The predicted molar refractivity (Wildman–Crippen MR) is 91.2 cm³/mol. The van der Waals surface area contributed by atoms with Crippen LogP contribution >= 0.6 is 0 Å². The number of ether oxygens (including phenoxy) is 1. The molecule has 2 N–H and O–H groups in total. The minimum atomic E-state index is -1.86. The topological polar surface area (TPSA) is 61.8 Å². The number of halogens is 1. The lowest BCUT2D eigenvalue weighted by atomic mass is 10.0. The van der Waals surface area contributed by atoms with E-state index in [1.165, 1.54) is 0 Å². The second-order valence-electron chi connectivity index (χ2n) is 6.23. The Morgan fingerprint density at radius 1 is 1.46 bits per heavy atom. The predicted octanol–water partition coefficient (Wildman–Crippen LogP) is 3.44. The van der Waals surface area contributed by atoms with E-state index in [0.29, 0.717) is 19.6 Å². The molecule has 0 bridgehead atoms. The lowest BCUT2D eigenvalue weighted by Gasteiger charge is -2.39. The normalized spacial score (nSPS) is 20.8. The molecule has 0 radical (unpaired) electrons. The van der Waals surface area contributed by atoms with Crippen LogP contribution in [0.3, 0.4) is 0 Å². The van der Waals surface area contributed by atoms with Crippen molar-refractivity contribution in [1.29, 1.82) is 0 Å². The van der Waals surface area contributed by atoms with Crippen LogP contribution in [0.5, 0.6) is 5.75 Å².